The molecule has 0 radical (unpaired) electrons. The smallest absolute Gasteiger partial charge is 0.277 e. The fourth-order valence-electron chi connectivity index (χ4n) is 0.547. The van der Waals surface area contributed by atoms with E-state index in [4.69, 9.17) is 5.73 Å². The molecule has 0 aliphatic carbocycles. The van der Waals surface area contributed by atoms with Gasteiger partial charge in [0.25, 0.3) is 5.92 Å². The highest BCUT2D eigenvalue weighted by atomic mass is 19.3. The molecule has 0 atom stereocenters. The maximum atomic E-state index is 12.6. The lowest BCUT2D eigenvalue weighted by Crippen LogP contribution is -2.45. The zero-order chi connectivity index (χ0) is 10.7. The van der Waals surface area contributed by atoms with Crippen molar-refractivity contribution in [1.29, 1.82) is 0 Å². The van der Waals surface area contributed by atoms with Crippen LogP contribution < -0.4 is 11.1 Å². The number of halogens is 2. The minimum absolute atomic E-state index is 0.402. The molecule has 0 bridgehead atoms. The molecule has 3 nitrogen and oxygen atoms in total. The van der Waals surface area contributed by atoms with Crippen LogP contribution >= 0.6 is 0 Å². The summed E-state index contributed by atoms with van der Waals surface area (Å²) in [7, 11) is 0. The lowest BCUT2D eigenvalue weighted by molar-refractivity contribution is -0.130. The number of carbonyl (C=O) groups excluding carboxylic acids is 1. The van der Waals surface area contributed by atoms with E-state index in [0.717, 1.165) is 0 Å². The molecule has 0 heterocycles. The third-order valence-corrected chi connectivity index (χ3v) is 1.49. The van der Waals surface area contributed by atoms with Gasteiger partial charge in [-0.2, -0.15) is 0 Å². The van der Waals surface area contributed by atoms with Crippen molar-refractivity contribution in [3.05, 3.63) is 0 Å². The van der Waals surface area contributed by atoms with Crippen molar-refractivity contribution < 1.29 is 13.6 Å². The van der Waals surface area contributed by atoms with Gasteiger partial charge in [-0.15, -0.1) is 0 Å². The Hall–Kier alpha value is -0.710. The van der Waals surface area contributed by atoms with E-state index in [-0.39, 0.29) is 0 Å². The van der Waals surface area contributed by atoms with E-state index < -0.39 is 30.3 Å². The Morgan fingerprint density at radius 2 is 1.85 bits per heavy atom. The van der Waals surface area contributed by atoms with Crippen LogP contribution in [-0.4, -0.2) is 24.9 Å². The van der Waals surface area contributed by atoms with Gasteiger partial charge in [0, 0.05) is 5.41 Å². The minimum atomic E-state index is -3.01. The van der Waals surface area contributed by atoms with Gasteiger partial charge < -0.3 is 11.1 Å². The van der Waals surface area contributed by atoms with Crippen molar-refractivity contribution >= 4 is 5.91 Å². The van der Waals surface area contributed by atoms with Gasteiger partial charge in [0.05, 0.1) is 13.1 Å². The lowest BCUT2D eigenvalue weighted by Gasteiger charge is -2.20. The number of carbonyl (C=O) groups is 1. The second-order valence-corrected chi connectivity index (χ2v) is 3.99. The van der Waals surface area contributed by atoms with E-state index in [9.17, 15) is 13.6 Å². The monoisotopic (exact) mass is 194 g/mol. The molecule has 0 rings (SSSR count). The summed E-state index contributed by atoms with van der Waals surface area (Å²) in [5.41, 5.74) is 4.15. The number of hydrogen-bond donors (Lipinski definition) is 2. The normalized spacial score (nSPS) is 12.8. The molecule has 0 unspecified atom stereocenters. The molecule has 5 heteroatoms. The van der Waals surface area contributed by atoms with Crippen molar-refractivity contribution in [2.45, 2.75) is 26.7 Å². The van der Waals surface area contributed by atoms with Crippen LogP contribution in [0.4, 0.5) is 8.78 Å². The highest BCUT2D eigenvalue weighted by Crippen LogP contribution is 2.14. The zero-order valence-electron chi connectivity index (χ0n) is 8.16. The van der Waals surface area contributed by atoms with Crippen molar-refractivity contribution in [1.82, 2.24) is 5.32 Å². The quantitative estimate of drug-likeness (QED) is 0.696. The van der Waals surface area contributed by atoms with Gasteiger partial charge in [0.2, 0.25) is 5.91 Å². The summed E-state index contributed by atoms with van der Waals surface area (Å²) in [4.78, 5) is 11.1. The first-order valence-corrected chi connectivity index (χ1v) is 4.05. The Labute approximate surface area is 76.7 Å². The third-order valence-electron chi connectivity index (χ3n) is 1.49. The van der Waals surface area contributed by atoms with Crippen molar-refractivity contribution in [3.8, 4) is 0 Å². The predicted octanol–water partition coefficient (Wildman–Crippen LogP) is 0.743. The maximum Gasteiger partial charge on any atom is 0.277 e. The van der Waals surface area contributed by atoms with Crippen molar-refractivity contribution in [2.24, 2.45) is 11.1 Å². The molecule has 0 aromatic heterocycles. The first-order chi connectivity index (χ1) is 5.69. The van der Waals surface area contributed by atoms with E-state index in [2.05, 4.69) is 5.32 Å². The SMILES string of the molecule is CC(C)(C)C(=O)NCC(F)(F)CN. The molecular weight excluding hydrogens is 178 g/mol. The molecule has 0 saturated carbocycles. The number of hydrogen-bond acceptors (Lipinski definition) is 2. The highest BCUT2D eigenvalue weighted by molar-refractivity contribution is 5.81. The number of nitrogens with one attached hydrogen (secondary N) is 1. The zero-order valence-corrected chi connectivity index (χ0v) is 8.16. The molecule has 0 aromatic rings. The average Bonchev–Trinajstić information content (AvgIpc) is 1.98. The van der Waals surface area contributed by atoms with Gasteiger partial charge >= 0.3 is 0 Å². The van der Waals surface area contributed by atoms with Crippen LogP contribution in [0.15, 0.2) is 0 Å². The topological polar surface area (TPSA) is 55.1 Å². The summed E-state index contributed by atoms with van der Waals surface area (Å²) in [6.45, 7) is 3.52. The molecule has 0 fully saturated rings. The lowest BCUT2D eigenvalue weighted by atomic mass is 9.96. The Morgan fingerprint density at radius 1 is 1.38 bits per heavy atom. The van der Waals surface area contributed by atoms with Crippen LogP contribution in [0.1, 0.15) is 20.8 Å². The molecule has 3 N–H and O–H groups in total. The summed E-state index contributed by atoms with van der Waals surface area (Å²) in [6.07, 6.45) is 0. The van der Waals surface area contributed by atoms with Gasteiger partial charge in [0.1, 0.15) is 0 Å². The predicted molar refractivity (Wildman–Crippen MR) is 46.5 cm³/mol. The molecule has 0 aromatic carbocycles. The van der Waals surface area contributed by atoms with Crippen LogP contribution in [0.2, 0.25) is 0 Å². The highest BCUT2D eigenvalue weighted by Gasteiger charge is 2.29. The minimum Gasteiger partial charge on any atom is -0.350 e. The van der Waals surface area contributed by atoms with Crippen LogP contribution in [-0.2, 0) is 4.79 Å². The van der Waals surface area contributed by atoms with E-state index in [1.165, 1.54) is 0 Å². The van der Waals surface area contributed by atoms with Crippen molar-refractivity contribution in [3.63, 3.8) is 0 Å². The second-order valence-electron chi connectivity index (χ2n) is 3.99. The van der Waals surface area contributed by atoms with Gasteiger partial charge in [-0.3, -0.25) is 4.79 Å². The maximum absolute atomic E-state index is 12.6. The molecule has 1 amide bonds. The largest absolute Gasteiger partial charge is 0.350 e. The Morgan fingerprint density at radius 3 is 2.15 bits per heavy atom. The molecular formula is C8H16F2N2O. The van der Waals surface area contributed by atoms with E-state index in [1.807, 2.05) is 0 Å². The summed E-state index contributed by atoms with van der Waals surface area (Å²) < 4.78 is 25.1. The van der Waals surface area contributed by atoms with Gasteiger partial charge in [-0.05, 0) is 0 Å². The van der Waals surface area contributed by atoms with E-state index in [1.54, 1.807) is 20.8 Å². The summed E-state index contributed by atoms with van der Waals surface area (Å²) in [6, 6.07) is 0. The van der Waals surface area contributed by atoms with Gasteiger partial charge in [-0.1, -0.05) is 20.8 Å². The Kier molecular flexibility index (Phi) is 3.78. The molecule has 78 valence electrons. The van der Waals surface area contributed by atoms with Gasteiger partial charge in [-0.25, -0.2) is 8.78 Å². The fraction of sp³-hybridized carbons (Fsp3) is 0.875. The Balaban J connectivity index is 3.98. The Bertz CT molecular complexity index is 187. The molecule has 0 saturated heterocycles. The first-order valence-electron chi connectivity index (χ1n) is 4.05. The molecule has 0 aliphatic heterocycles. The number of alkyl halides is 2. The number of amides is 1. The summed E-state index contributed by atoms with van der Waals surface area (Å²) in [5.74, 6) is -3.42. The molecule has 13 heavy (non-hydrogen) atoms. The average molecular weight is 194 g/mol. The fourth-order valence-corrected chi connectivity index (χ4v) is 0.547. The summed E-state index contributed by atoms with van der Waals surface area (Å²) in [5, 5.41) is 2.14. The number of rotatable bonds is 3. The van der Waals surface area contributed by atoms with Crippen molar-refractivity contribution in [2.75, 3.05) is 13.1 Å². The second kappa shape index (κ2) is 4.00. The molecule has 0 spiro atoms. The number of nitrogens with two attached hydrogens (primary N) is 1. The summed E-state index contributed by atoms with van der Waals surface area (Å²) >= 11 is 0. The van der Waals surface area contributed by atoms with Crippen LogP contribution in [0.25, 0.3) is 0 Å². The van der Waals surface area contributed by atoms with E-state index in [0.29, 0.717) is 0 Å². The van der Waals surface area contributed by atoms with Gasteiger partial charge in [0.15, 0.2) is 0 Å². The molecule has 0 aliphatic rings. The van der Waals surface area contributed by atoms with Crippen LogP contribution in [0.5, 0.6) is 0 Å². The van der Waals surface area contributed by atoms with Crippen LogP contribution in [0, 0.1) is 5.41 Å². The standard InChI is InChI=1S/C8H16F2N2O/c1-7(2,3)6(13)12-5-8(9,10)4-11/h4-5,11H2,1-3H3,(H,12,13). The first kappa shape index (κ1) is 12.3. The van der Waals surface area contributed by atoms with E-state index >= 15 is 0 Å². The van der Waals surface area contributed by atoms with Crippen LogP contribution in [0.3, 0.4) is 0 Å². The third kappa shape index (κ3) is 4.77.